The van der Waals surface area contributed by atoms with Gasteiger partial charge in [-0.1, -0.05) is 5.16 Å². The molecule has 2 aromatic rings. The normalized spacial score (nSPS) is 10.7. The molecule has 100 valence electrons. The van der Waals surface area contributed by atoms with Gasteiger partial charge in [0.2, 0.25) is 0 Å². The third-order valence-electron chi connectivity index (χ3n) is 3.08. The van der Waals surface area contributed by atoms with Crippen molar-refractivity contribution in [1.82, 2.24) is 9.72 Å². The first-order valence-corrected chi connectivity index (χ1v) is 5.76. The van der Waals surface area contributed by atoms with Crippen molar-refractivity contribution in [2.45, 2.75) is 27.3 Å². The van der Waals surface area contributed by atoms with Crippen molar-refractivity contribution in [2.75, 3.05) is 0 Å². The minimum atomic E-state index is -1.22. The van der Waals surface area contributed by atoms with Crippen LogP contribution in [0.15, 0.2) is 21.6 Å². The minimum Gasteiger partial charge on any atom is -0.477 e. The van der Waals surface area contributed by atoms with Crippen LogP contribution in [-0.2, 0) is 6.54 Å². The van der Waals surface area contributed by atoms with Crippen LogP contribution in [0.4, 0.5) is 0 Å². The summed E-state index contributed by atoms with van der Waals surface area (Å²) < 4.78 is 6.77. The predicted octanol–water partition coefficient (Wildman–Crippen LogP) is 1.51. The third kappa shape index (κ3) is 2.42. The van der Waals surface area contributed by atoms with Crippen LogP contribution < -0.4 is 5.43 Å². The molecule has 0 spiro atoms. The highest BCUT2D eigenvalue weighted by molar-refractivity contribution is 5.87. The molecule has 0 unspecified atom stereocenters. The number of pyridine rings is 1. The Bertz CT molecular complexity index is 678. The molecule has 0 aliphatic heterocycles. The minimum absolute atomic E-state index is 0.239. The summed E-state index contributed by atoms with van der Waals surface area (Å²) in [5.74, 6) is -0.537. The van der Waals surface area contributed by atoms with Gasteiger partial charge in [-0.15, -0.1) is 0 Å². The number of carboxylic acid groups (broad SMARTS) is 1. The van der Waals surface area contributed by atoms with Crippen molar-refractivity contribution in [2.24, 2.45) is 0 Å². The van der Waals surface area contributed by atoms with Crippen molar-refractivity contribution >= 4 is 5.97 Å². The van der Waals surface area contributed by atoms with E-state index in [4.69, 9.17) is 9.63 Å². The molecule has 6 heteroatoms. The van der Waals surface area contributed by atoms with Crippen LogP contribution in [0.1, 0.15) is 33.1 Å². The van der Waals surface area contributed by atoms with Crippen LogP contribution >= 0.6 is 0 Å². The van der Waals surface area contributed by atoms with Gasteiger partial charge in [0.15, 0.2) is 5.43 Å². The maximum Gasteiger partial charge on any atom is 0.341 e. The first-order chi connectivity index (χ1) is 8.90. The lowest BCUT2D eigenvalue weighted by atomic mass is 10.2. The number of hydrogen-bond acceptors (Lipinski definition) is 4. The Morgan fingerprint density at radius 1 is 1.42 bits per heavy atom. The van der Waals surface area contributed by atoms with E-state index < -0.39 is 11.4 Å². The van der Waals surface area contributed by atoms with Crippen molar-refractivity contribution in [3.8, 4) is 0 Å². The maximum atomic E-state index is 11.5. The number of carbonyl (C=O) groups is 1. The van der Waals surface area contributed by atoms with Gasteiger partial charge in [0, 0.05) is 23.5 Å². The van der Waals surface area contributed by atoms with Gasteiger partial charge in [-0.3, -0.25) is 4.79 Å². The van der Waals surface area contributed by atoms with E-state index in [0.717, 1.165) is 11.3 Å². The lowest BCUT2D eigenvalue weighted by Crippen LogP contribution is -2.19. The molecule has 0 radical (unpaired) electrons. The van der Waals surface area contributed by atoms with E-state index in [1.165, 1.54) is 12.3 Å². The molecule has 0 fully saturated rings. The van der Waals surface area contributed by atoms with Crippen LogP contribution in [0.25, 0.3) is 0 Å². The molecule has 0 atom stereocenters. The fourth-order valence-corrected chi connectivity index (χ4v) is 1.90. The number of rotatable bonds is 3. The Balaban J connectivity index is 2.49. The summed E-state index contributed by atoms with van der Waals surface area (Å²) in [7, 11) is 0. The van der Waals surface area contributed by atoms with E-state index >= 15 is 0 Å². The summed E-state index contributed by atoms with van der Waals surface area (Å²) in [6, 6.07) is 1.32. The number of aromatic carboxylic acids is 1. The summed E-state index contributed by atoms with van der Waals surface area (Å²) in [5.41, 5.74) is 1.61. The van der Waals surface area contributed by atoms with Gasteiger partial charge in [-0.05, 0) is 20.8 Å². The van der Waals surface area contributed by atoms with Crippen LogP contribution in [-0.4, -0.2) is 20.8 Å². The van der Waals surface area contributed by atoms with Gasteiger partial charge in [0.05, 0.1) is 12.2 Å². The van der Waals surface area contributed by atoms with Crippen molar-refractivity contribution in [3.05, 3.63) is 50.8 Å². The largest absolute Gasteiger partial charge is 0.477 e. The molecular formula is C13H14N2O4. The molecule has 0 aromatic carbocycles. The molecule has 6 nitrogen and oxygen atoms in total. The molecule has 19 heavy (non-hydrogen) atoms. The van der Waals surface area contributed by atoms with E-state index in [1.54, 1.807) is 18.4 Å². The van der Waals surface area contributed by atoms with Crippen molar-refractivity contribution in [1.29, 1.82) is 0 Å². The molecular weight excluding hydrogens is 248 g/mol. The van der Waals surface area contributed by atoms with E-state index in [2.05, 4.69) is 5.16 Å². The van der Waals surface area contributed by atoms with Gasteiger partial charge in [0.1, 0.15) is 11.3 Å². The molecule has 2 heterocycles. The van der Waals surface area contributed by atoms with Gasteiger partial charge in [-0.25, -0.2) is 4.79 Å². The van der Waals surface area contributed by atoms with E-state index in [1.807, 2.05) is 6.92 Å². The Hall–Kier alpha value is -2.37. The number of hydrogen-bond donors (Lipinski definition) is 1. The molecule has 1 N–H and O–H groups in total. The predicted molar refractivity (Wildman–Crippen MR) is 67.5 cm³/mol. The molecule has 2 aromatic heterocycles. The van der Waals surface area contributed by atoms with Crippen LogP contribution in [0.2, 0.25) is 0 Å². The maximum absolute atomic E-state index is 11.5. The van der Waals surface area contributed by atoms with Crippen LogP contribution in [0.3, 0.4) is 0 Å². The number of aryl methyl sites for hydroxylation is 3. The van der Waals surface area contributed by atoms with Crippen LogP contribution in [0.5, 0.6) is 0 Å². The number of nitrogens with zero attached hydrogens (tertiary/aromatic N) is 2. The monoisotopic (exact) mass is 262 g/mol. The van der Waals surface area contributed by atoms with Crippen LogP contribution in [0, 0.1) is 20.8 Å². The fraction of sp³-hybridized carbons (Fsp3) is 0.308. The van der Waals surface area contributed by atoms with Gasteiger partial charge in [0.25, 0.3) is 0 Å². The summed E-state index contributed by atoms with van der Waals surface area (Å²) in [4.78, 5) is 22.5. The lowest BCUT2D eigenvalue weighted by molar-refractivity contribution is 0.0694. The topological polar surface area (TPSA) is 85.3 Å². The van der Waals surface area contributed by atoms with Gasteiger partial charge >= 0.3 is 5.97 Å². The molecule has 0 saturated carbocycles. The standard InChI is InChI=1S/C13H14N2O4/c1-7-4-12(16)11(13(17)18)6-15(7)5-10-8(2)14-19-9(10)3/h4,6H,5H2,1-3H3,(H,17,18). The molecule has 0 amide bonds. The zero-order valence-corrected chi connectivity index (χ0v) is 10.9. The second-order valence-corrected chi connectivity index (χ2v) is 4.43. The van der Waals surface area contributed by atoms with E-state index in [9.17, 15) is 9.59 Å². The fourth-order valence-electron chi connectivity index (χ4n) is 1.90. The SMILES string of the molecule is Cc1noc(C)c1Cn1cc(C(=O)O)c(=O)cc1C. The average molecular weight is 262 g/mol. The summed E-state index contributed by atoms with van der Waals surface area (Å²) >= 11 is 0. The number of carboxylic acids is 1. The molecule has 0 aliphatic carbocycles. The smallest absolute Gasteiger partial charge is 0.341 e. The summed E-state index contributed by atoms with van der Waals surface area (Å²) in [5, 5.41) is 12.8. The highest BCUT2D eigenvalue weighted by atomic mass is 16.5. The second kappa shape index (κ2) is 4.72. The average Bonchev–Trinajstić information content (AvgIpc) is 2.63. The Morgan fingerprint density at radius 3 is 2.63 bits per heavy atom. The summed E-state index contributed by atoms with van der Waals surface area (Å²) in [6.45, 7) is 5.80. The first-order valence-electron chi connectivity index (χ1n) is 5.76. The molecule has 0 aliphatic rings. The quantitative estimate of drug-likeness (QED) is 0.906. The van der Waals surface area contributed by atoms with E-state index in [0.29, 0.717) is 18.0 Å². The third-order valence-corrected chi connectivity index (χ3v) is 3.08. The van der Waals surface area contributed by atoms with Gasteiger partial charge in [-0.2, -0.15) is 0 Å². The number of aromatic nitrogens is 2. The molecule has 2 rings (SSSR count). The highest BCUT2D eigenvalue weighted by Gasteiger charge is 2.14. The summed E-state index contributed by atoms with van der Waals surface area (Å²) in [6.07, 6.45) is 1.35. The second-order valence-electron chi connectivity index (χ2n) is 4.43. The highest BCUT2D eigenvalue weighted by Crippen LogP contribution is 2.15. The zero-order valence-electron chi connectivity index (χ0n) is 10.9. The molecule has 0 bridgehead atoms. The first kappa shape index (κ1) is 13.1. The molecule has 0 saturated heterocycles. The lowest BCUT2D eigenvalue weighted by Gasteiger charge is -2.11. The van der Waals surface area contributed by atoms with Gasteiger partial charge < -0.3 is 14.2 Å². The van der Waals surface area contributed by atoms with Crippen molar-refractivity contribution < 1.29 is 14.4 Å². The van der Waals surface area contributed by atoms with Crippen molar-refractivity contribution in [3.63, 3.8) is 0 Å². The Labute approximate surface area is 109 Å². The van der Waals surface area contributed by atoms with E-state index in [-0.39, 0.29) is 5.56 Å². The Morgan fingerprint density at radius 2 is 2.11 bits per heavy atom. The Kier molecular flexibility index (Phi) is 3.25. The zero-order chi connectivity index (χ0) is 14.2.